The minimum atomic E-state index is -0.213. The lowest BCUT2D eigenvalue weighted by atomic mass is 9.81. The highest BCUT2D eigenvalue weighted by Gasteiger charge is 2.37. The van der Waals surface area contributed by atoms with E-state index in [-0.39, 0.29) is 5.41 Å². The summed E-state index contributed by atoms with van der Waals surface area (Å²) in [5, 5.41) is 4.42. The van der Waals surface area contributed by atoms with Crippen LogP contribution in [0.25, 0.3) is 203 Å². The molecule has 0 spiro atoms. The van der Waals surface area contributed by atoms with Gasteiger partial charge in [-0.3, -0.25) is 4.98 Å². The van der Waals surface area contributed by atoms with Crippen molar-refractivity contribution in [3.05, 3.63) is 433 Å². The molecule has 602 valence electrons. The van der Waals surface area contributed by atoms with Crippen molar-refractivity contribution < 1.29 is 0 Å². The van der Waals surface area contributed by atoms with Crippen molar-refractivity contribution in [3.63, 3.8) is 0 Å². The Bertz CT molecular complexity index is 7760. The van der Waals surface area contributed by atoms with E-state index in [9.17, 15) is 0 Å². The van der Waals surface area contributed by atoms with Crippen LogP contribution >= 0.6 is 0 Å². The monoisotopic (exact) mass is 1640 g/mol. The first-order valence-corrected chi connectivity index (χ1v) is 43.1. The van der Waals surface area contributed by atoms with Crippen molar-refractivity contribution in [2.45, 2.75) is 38.5 Å². The predicted molar refractivity (Wildman–Crippen MR) is 511 cm³/mol. The number of hydrogen-bond acceptors (Lipinski definition) is 14. The minimum absolute atomic E-state index is 0.213. The van der Waals surface area contributed by atoms with Gasteiger partial charge in [0.05, 0.1) is 28.5 Å². The summed E-state index contributed by atoms with van der Waals surface area (Å²) in [6.07, 6.45) is 7.91. The molecule has 4 aliphatic carbocycles. The molecule has 0 amide bonds. The molecule has 128 heavy (non-hydrogen) atoms. The van der Waals surface area contributed by atoms with Gasteiger partial charge in [0.2, 0.25) is 0 Å². The largest absolute Gasteiger partial charge is 0.256 e. The second kappa shape index (κ2) is 32.1. The van der Waals surface area contributed by atoms with Crippen LogP contribution in [0.2, 0.25) is 0 Å². The molecule has 15 aromatic carbocycles. The summed E-state index contributed by atoms with van der Waals surface area (Å²) < 4.78 is 0. The van der Waals surface area contributed by atoms with E-state index in [1.165, 1.54) is 83.5 Å². The number of hydrogen-bond donors (Lipinski definition) is 0. The van der Waals surface area contributed by atoms with Crippen molar-refractivity contribution in [1.29, 1.82) is 0 Å². The van der Waals surface area contributed by atoms with Gasteiger partial charge in [-0.05, 0) is 108 Å². The zero-order chi connectivity index (χ0) is 85.2. The van der Waals surface area contributed by atoms with Crippen molar-refractivity contribution in [1.82, 2.24) is 69.8 Å². The van der Waals surface area contributed by atoms with Crippen LogP contribution in [0.4, 0.5) is 0 Å². The maximum atomic E-state index is 5.00. The summed E-state index contributed by atoms with van der Waals surface area (Å²) in [6.45, 7) is 4.64. The van der Waals surface area contributed by atoms with Gasteiger partial charge in [-0.1, -0.05) is 354 Å². The van der Waals surface area contributed by atoms with Gasteiger partial charge < -0.3 is 0 Å². The highest BCUT2D eigenvalue weighted by Crippen LogP contribution is 2.52. The minimum Gasteiger partial charge on any atom is -0.256 e. The quantitative estimate of drug-likeness (QED) is 0.113. The Balaban J connectivity index is 0.000000110. The van der Waals surface area contributed by atoms with E-state index in [4.69, 9.17) is 59.8 Å². The Morgan fingerprint density at radius 3 is 0.969 bits per heavy atom. The lowest BCUT2D eigenvalue weighted by Gasteiger charge is -2.22. The van der Waals surface area contributed by atoms with E-state index in [1.54, 1.807) is 12.7 Å². The van der Waals surface area contributed by atoms with E-state index in [0.717, 1.165) is 130 Å². The van der Waals surface area contributed by atoms with Gasteiger partial charge in [-0.2, -0.15) is 0 Å². The first-order valence-electron chi connectivity index (χ1n) is 43.1. The predicted octanol–water partition coefficient (Wildman–Crippen LogP) is 25.9. The highest BCUT2D eigenvalue weighted by atomic mass is 15.1. The number of rotatable bonds is 12. The Labute approximate surface area is 739 Å². The van der Waals surface area contributed by atoms with Gasteiger partial charge in [0.1, 0.15) is 12.7 Å². The van der Waals surface area contributed by atoms with Gasteiger partial charge in [0.25, 0.3) is 0 Å². The molecule has 0 fully saturated rings. The molecule has 0 saturated carbocycles. The Hall–Kier alpha value is -16.8. The average Bonchev–Trinajstić information content (AvgIpc) is 1.57. The second-order valence-electron chi connectivity index (χ2n) is 33.0. The topological polar surface area (TPSA) is 180 Å². The summed E-state index contributed by atoms with van der Waals surface area (Å²) in [4.78, 5) is 68.1. The molecule has 14 heteroatoms. The molecule has 0 atom stereocenters. The maximum Gasteiger partial charge on any atom is 0.164 e. The van der Waals surface area contributed by atoms with Crippen LogP contribution in [0.15, 0.2) is 389 Å². The fraction of sp³-hybridized carbons (Fsp3) is 0.0526. The molecular weight excluding hydrogens is 1570 g/mol. The summed E-state index contributed by atoms with van der Waals surface area (Å²) in [6, 6.07) is 127. The van der Waals surface area contributed by atoms with E-state index in [1.807, 2.05) is 188 Å². The van der Waals surface area contributed by atoms with Gasteiger partial charge in [0, 0.05) is 120 Å². The Morgan fingerprint density at radius 2 is 0.500 bits per heavy atom. The number of fused-ring (bicyclic) bond motifs is 14. The van der Waals surface area contributed by atoms with Crippen molar-refractivity contribution in [3.8, 4) is 181 Å². The number of aromatic nitrogens is 14. The summed E-state index contributed by atoms with van der Waals surface area (Å²) in [7, 11) is 0. The SMILES string of the molecule is CC1(C)c2cc(-c3nc(-c4ccccc4)nc(-c4ccccc4)n3)ccc2-c2ccc(-c3nccc4c3Cc3ccccc3-4)cc21.c1ccc(-c2nc(-c3ccccc3)nc(-c3ccc4cc(-c5ncnc6c5Cc5ccccc5-6)ccc4c3)n2)cc1.c1ccc(-c2nc(-c3ccccc3)nc(-c3cccc4c(-c5ncnc6c5Cc5ccccc5-6)cccc34)n2)cc1. The van der Waals surface area contributed by atoms with Gasteiger partial charge in [0.15, 0.2) is 52.4 Å². The molecule has 6 aromatic heterocycles. The van der Waals surface area contributed by atoms with Crippen molar-refractivity contribution >= 4 is 21.5 Å². The molecule has 0 N–H and O–H groups in total. The summed E-state index contributed by atoms with van der Waals surface area (Å²) >= 11 is 0. The Morgan fingerprint density at radius 1 is 0.195 bits per heavy atom. The maximum absolute atomic E-state index is 5.00. The lowest BCUT2D eigenvalue weighted by Crippen LogP contribution is -2.15. The van der Waals surface area contributed by atoms with E-state index in [2.05, 4.69) is 212 Å². The molecular formula is C114H76N14. The summed E-state index contributed by atoms with van der Waals surface area (Å²) in [5.41, 5.74) is 34.7. The summed E-state index contributed by atoms with van der Waals surface area (Å²) in [5.74, 6) is 5.90. The molecule has 21 aromatic rings. The smallest absolute Gasteiger partial charge is 0.164 e. The number of pyridine rings is 1. The van der Waals surface area contributed by atoms with E-state index in [0.29, 0.717) is 52.4 Å². The fourth-order valence-corrected chi connectivity index (χ4v) is 18.7. The molecule has 25 rings (SSSR count). The standard InChI is InChI=1S/C42H30N4.2C36H23N5/c1-42(2)36-24-29(38-35-23-28-15-9-10-16-31(28)32(35)21-22-43-38)17-19-33(36)34-20-18-30(25-37(34)42)41-45-39(26-11-5-3-6-12-26)44-40(46-41)27-13-7-4-8-14-27;1-3-11-23(12-4-1)34-39-35(24-13-5-2-6-14-24)41-36(40-34)30-20-10-17-27-28(30)18-9-19-29(27)33-31-21-25-15-7-8-16-26(25)32(31)37-22-38-33;1-3-9-23(10-4-1)34-39-35(24-11-5-2-6-12-24)41-36(40-34)29-18-16-25-19-28(17-15-26(25)20-29)32-31-21-27-13-7-8-14-30(27)33(31)38-22-37-32/h3-22,24-25H,23H2,1-2H3;2*1-20,22H,21H2. The van der Waals surface area contributed by atoms with Crippen LogP contribution < -0.4 is 0 Å². The zero-order valence-corrected chi connectivity index (χ0v) is 69.8. The molecule has 0 saturated heterocycles. The van der Waals surface area contributed by atoms with Crippen LogP contribution in [0.1, 0.15) is 58.4 Å². The third-order valence-corrected chi connectivity index (χ3v) is 25.0. The first-order chi connectivity index (χ1) is 63.2. The molecule has 0 bridgehead atoms. The van der Waals surface area contributed by atoms with Gasteiger partial charge in [-0.15, -0.1) is 0 Å². The van der Waals surface area contributed by atoms with Crippen molar-refractivity contribution in [2.75, 3.05) is 0 Å². The zero-order valence-electron chi connectivity index (χ0n) is 69.8. The van der Waals surface area contributed by atoms with E-state index >= 15 is 0 Å². The average molecular weight is 1640 g/mol. The second-order valence-corrected chi connectivity index (χ2v) is 33.0. The van der Waals surface area contributed by atoms with Crippen molar-refractivity contribution in [2.24, 2.45) is 0 Å². The third-order valence-electron chi connectivity index (χ3n) is 25.0. The highest BCUT2D eigenvalue weighted by molar-refractivity contribution is 6.05. The van der Waals surface area contributed by atoms with Crippen LogP contribution in [0.5, 0.6) is 0 Å². The van der Waals surface area contributed by atoms with Gasteiger partial charge >= 0.3 is 0 Å². The lowest BCUT2D eigenvalue weighted by molar-refractivity contribution is 0.660. The molecule has 14 nitrogen and oxygen atoms in total. The normalized spacial score (nSPS) is 12.4. The number of nitrogens with zero attached hydrogens (tertiary/aromatic N) is 14. The van der Waals surface area contributed by atoms with Crippen LogP contribution in [0, 0.1) is 0 Å². The van der Waals surface area contributed by atoms with Crippen LogP contribution in [-0.2, 0) is 24.7 Å². The van der Waals surface area contributed by atoms with Crippen LogP contribution in [-0.4, -0.2) is 69.8 Å². The van der Waals surface area contributed by atoms with Crippen LogP contribution in [0.3, 0.4) is 0 Å². The third kappa shape index (κ3) is 14.0. The van der Waals surface area contributed by atoms with Gasteiger partial charge in [-0.25, -0.2) is 64.8 Å². The molecule has 0 unspecified atom stereocenters. The molecule has 4 aliphatic rings. The van der Waals surface area contributed by atoms with E-state index < -0.39 is 0 Å². The Kier molecular flexibility index (Phi) is 19.1. The molecule has 0 aliphatic heterocycles. The molecule has 6 heterocycles. The molecule has 0 radical (unpaired) electrons. The number of benzene rings is 15. The first kappa shape index (κ1) is 76.1. The fourth-order valence-electron chi connectivity index (χ4n) is 18.7.